The Bertz CT molecular complexity index is 1000. The van der Waals surface area contributed by atoms with Gasteiger partial charge in [0.25, 0.3) is 0 Å². The molecule has 0 aromatic carbocycles. The Balaban J connectivity index is 1.71. The zero-order chi connectivity index (χ0) is 19.1. The average Bonchev–Trinajstić information content (AvgIpc) is 3.26. The maximum Gasteiger partial charge on any atom is 0.183 e. The van der Waals surface area contributed by atoms with Crippen LogP contribution < -0.4 is 21.9 Å². The van der Waals surface area contributed by atoms with Gasteiger partial charge in [-0.15, -0.1) is 0 Å². The average molecular weight is 366 g/mol. The topological polar surface area (TPSA) is 138 Å². The Hall–Kier alpha value is -3.27. The van der Waals surface area contributed by atoms with Crippen LogP contribution in [0.15, 0.2) is 28.4 Å². The highest BCUT2D eigenvalue weighted by Crippen LogP contribution is 2.32. The second kappa shape index (κ2) is 6.47. The molecule has 4 heterocycles. The zero-order valence-corrected chi connectivity index (χ0v) is 15.3. The minimum Gasteiger partial charge on any atom is -0.396 e. The molecule has 10 nitrogen and oxygen atoms in total. The van der Waals surface area contributed by atoms with Crippen molar-refractivity contribution in [3.8, 4) is 0 Å². The highest BCUT2D eigenvalue weighted by atomic mass is 15.4. The number of fused-ring (bicyclic) bond motifs is 1. The maximum atomic E-state index is 7.88. The van der Waals surface area contributed by atoms with Crippen molar-refractivity contribution < 1.29 is 0 Å². The van der Waals surface area contributed by atoms with E-state index in [2.05, 4.69) is 44.0 Å². The largest absolute Gasteiger partial charge is 0.396 e. The number of pyridine rings is 1. The molecule has 0 spiro atoms. The number of hydrogen-bond acceptors (Lipinski definition) is 9. The normalized spacial score (nSPS) is 20.0. The molecule has 0 aliphatic carbocycles. The molecule has 5 N–H and O–H groups in total. The van der Waals surface area contributed by atoms with Crippen molar-refractivity contribution in [2.24, 2.45) is 10.1 Å². The van der Waals surface area contributed by atoms with Gasteiger partial charge in [-0.1, -0.05) is 0 Å². The van der Waals surface area contributed by atoms with Gasteiger partial charge in [-0.3, -0.25) is 5.41 Å². The van der Waals surface area contributed by atoms with Crippen LogP contribution in [0.3, 0.4) is 0 Å². The van der Waals surface area contributed by atoms with E-state index in [1.807, 2.05) is 0 Å². The summed E-state index contributed by atoms with van der Waals surface area (Å²) in [7, 11) is 4.15. The number of rotatable bonds is 3. The van der Waals surface area contributed by atoms with Crippen LogP contribution in [0.1, 0.15) is 12.2 Å². The summed E-state index contributed by atoms with van der Waals surface area (Å²) in [5.41, 5.74) is 14.0. The fourth-order valence-corrected chi connectivity index (χ4v) is 3.30. The predicted octanol–water partition coefficient (Wildman–Crippen LogP) is 0.0306. The summed E-state index contributed by atoms with van der Waals surface area (Å²) in [6, 6.07) is 3.72. The SMILES string of the molecule is CN(C)C1CCN(c2nc(N=C3C=Nn4c3nccc4=N)c(N)cc2N)C1. The first kappa shape index (κ1) is 17.2. The fraction of sp³-hybridized carbons (Fsp3) is 0.353. The Morgan fingerprint density at radius 3 is 2.85 bits per heavy atom. The van der Waals surface area contributed by atoms with E-state index >= 15 is 0 Å². The number of hydrogen-bond donors (Lipinski definition) is 3. The van der Waals surface area contributed by atoms with E-state index < -0.39 is 0 Å². The van der Waals surface area contributed by atoms with E-state index in [0.29, 0.717) is 40.6 Å². The molecule has 1 unspecified atom stereocenters. The van der Waals surface area contributed by atoms with E-state index in [1.54, 1.807) is 24.5 Å². The molecule has 1 fully saturated rings. The van der Waals surface area contributed by atoms with E-state index in [0.717, 1.165) is 19.5 Å². The van der Waals surface area contributed by atoms with E-state index in [-0.39, 0.29) is 5.49 Å². The van der Waals surface area contributed by atoms with Crippen LogP contribution in [-0.4, -0.2) is 64.7 Å². The van der Waals surface area contributed by atoms with Crippen LogP contribution >= 0.6 is 0 Å². The van der Waals surface area contributed by atoms with Gasteiger partial charge in [-0.2, -0.15) is 9.78 Å². The number of aromatic nitrogens is 3. The number of nitrogens with one attached hydrogen (secondary N) is 1. The van der Waals surface area contributed by atoms with Crippen molar-refractivity contribution in [2.45, 2.75) is 12.5 Å². The highest BCUT2D eigenvalue weighted by Gasteiger charge is 2.27. The monoisotopic (exact) mass is 366 g/mol. The van der Waals surface area contributed by atoms with Crippen molar-refractivity contribution in [3.63, 3.8) is 0 Å². The van der Waals surface area contributed by atoms with Gasteiger partial charge < -0.3 is 21.3 Å². The molecule has 4 rings (SSSR count). The summed E-state index contributed by atoms with van der Waals surface area (Å²) in [5.74, 6) is 1.55. The molecule has 2 aromatic heterocycles. The van der Waals surface area contributed by atoms with Crippen LogP contribution in [0.4, 0.5) is 23.0 Å². The first-order chi connectivity index (χ1) is 12.9. The number of nitrogens with two attached hydrogens (primary N) is 2. The van der Waals surface area contributed by atoms with Crippen molar-refractivity contribution in [1.82, 2.24) is 19.5 Å². The second-order valence-corrected chi connectivity index (χ2v) is 6.87. The molecule has 0 amide bonds. The molecule has 10 heteroatoms. The third-order valence-corrected chi connectivity index (χ3v) is 4.84. The lowest BCUT2D eigenvalue weighted by Crippen LogP contribution is -2.32. The van der Waals surface area contributed by atoms with Crippen LogP contribution in [0.2, 0.25) is 0 Å². The van der Waals surface area contributed by atoms with Crippen molar-refractivity contribution >= 4 is 34.9 Å². The molecule has 140 valence electrons. The molecule has 0 saturated carbocycles. The molecule has 0 radical (unpaired) electrons. The van der Waals surface area contributed by atoms with Gasteiger partial charge in [0.1, 0.15) is 11.2 Å². The fourth-order valence-electron chi connectivity index (χ4n) is 3.30. The third-order valence-electron chi connectivity index (χ3n) is 4.84. The number of aliphatic imine (C=N–C) groups is 1. The van der Waals surface area contributed by atoms with Crippen LogP contribution in [0.5, 0.6) is 0 Å². The molecule has 2 aliphatic rings. The smallest absolute Gasteiger partial charge is 0.183 e. The van der Waals surface area contributed by atoms with Gasteiger partial charge in [-0.05, 0) is 26.6 Å². The third kappa shape index (κ3) is 3.04. The van der Waals surface area contributed by atoms with Crippen LogP contribution in [0, 0.1) is 5.41 Å². The summed E-state index contributed by atoms with van der Waals surface area (Å²) < 4.78 is 1.41. The minimum absolute atomic E-state index is 0.229. The highest BCUT2D eigenvalue weighted by molar-refractivity contribution is 6.39. The number of nitrogen functional groups attached to an aromatic ring is 2. The standard InChI is InChI=1S/C17H22N10/c1-25(2)10-4-6-26(9-10)16-12(19)7-11(18)15(24-16)23-13-8-22-27-14(20)3-5-21-17(13)27/h3,5,7-8,10,20H,4,6,9,18-19H2,1-2H3. The summed E-state index contributed by atoms with van der Waals surface area (Å²) in [5, 5.41) is 12.0. The number of nitrogens with zero attached hydrogens (tertiary/aromatic N) is 7. The van der Waals surface area contributed by atoms with Gasteiger partial charge >= 0.3 is 0 Å². The lowest BCUT2D eigenvalue weighted by atomic mass is 10.2. The van der Waals surface area contributed by atoms with E-state index in [9.17, 15) is 0 Å². The van der Waals surface area contributed by atoms with Gasteiger partial charge in [0.05, 0.1) is 17.6 Å². The lowest BCUT2D eigenvalue weighted by molar-refractivity contribution is 0.315. The van der Waals surface area contributed by atoms with Crippen molar-refractivity contribution in [3.05, 3.63) is 29.6 Å². The molecule has 2 aromatic rings. The summed E-state index contributed by atoms with van der Waals surface area (Å²) in [6.45, 7) is 1.73. The quantitative estimate of drug-likeness (QED) is 0.701. The molecule has 2 aliphatic heterocycles. The van der Waals surface area contributed by atoms with Gasteiger partial charge in [-0.25, -0.2) is 15.0 Å². The molecular formula is C17H22N10. The molecule has 1 saturated heterocycles. The van der Waals surface area contributed by atoms with Gasteiger partial charge in [0.15, 0.2) is 17.5 Å². The first-order valence-corrected chi connectivity index (χ1v) is 8.67. The Morgan fingerprint density at radius 1 is 1.30 bits per heavy atom. The zero-order valence-electron chi connectivity index (χ0n) is 15.3. The first-order valence-electron chi connectivity index (χ1n) is 8.67. The Kier molecular flexibility index (Phi) is 4.11. The number of anilines is 3. The minimum atomic E-state index is 0.229. The number of likely N-dealkylation sites (N-methyl/N-ethyl adjacent to an activating group) is 1. The van der Waals surface area contributed by atoms with Crippen molar-refractivity contribution in [2.75, 3.05) is 43.6 Å². The second-order valence-electron chi connectivity index (χ2n) is 6.87. The van der Waals surface area contributed by atoms with E-state index in [4.69, 9.17) is 16.9 Å². The molecule has 0 bridgehead atoms. The van der Waals surface area contributed by atoms with Gasteiger partial charge in [0.2, 0.25) is 0 Å². The Morgan fingerprint density at radius 2 is 2.11 bits per heavy atom. The lowest BCUT2D eigenvalue weighted by Gasteiger charge is -2.22. The van der Waals surface area contributed by atoms with Gasteiger partial charge in [0, 0.05) is 31.4 Å². The maximum absolute atomic E-state index is 7.88. The summed E-state index contributed by atoms with van der Waals surface area (Å²) >= 11 is 0. The summed E-state index contributed by atoms with van der Waals surface area (Å²) in [6.07, 6.45) is 4.15. The van der Waals surface area contributed by atoms with Crippen LogP contribution in [-0.2, 0) is 0 Å². The molecular weight excluding hydrogens is 344 g/mol. The summed E-state index contributed by atoms with van der Waals surface area (Å²) in [4.78, 5) is 17.8. The van der Waals surface area contributed by atoms with Crippen molar-refractivity contribution in [1.29, 1.82) is 5.41 Å². The molecule has 27 heavy (non-hydrogen) atoms. The molecule has 1 atom stereocenters. The Labute approximate surface area is 156 Å². The van der Waals surface area contributed by atoms with Crippen LogP contribution in [0.25, 0.3) is 0 Å². The predicted molar refractivity (Wildman–Crippen MR) is 106 cm³/mol. The van der Waals surface area contributed by atoms with E-state index in [1.165, 1.54) is 4.68 Å².